The van der Waals surface area contributed by atoms with Crippen molar-refractivity contribution >= 4 is 21.9 Å². The first-order valence-electron chi connectivity index (χ1n) is 8.90. The Morgan fingerprint density at radius 2 is 1.59 bits per heavy atom. The van der Waals surface area contributed by atoms with E-state index in [1.165, 1.54) is 0 Å². The second-order valence-corrected chi connectivity index (χ2v) is 7.28. The van der Waals surface area contributed by atoms with Crippen molar-refractivity contribution in [3.63, 3.8) is 0 Å². The standard InChI is InChI=1S/C23H17BrN2O3/c1-29-19-13-11-18(12-14-19)26-22(16-5-3-2-4-6-16)20(23(27)28)21(25-26)15-7-9-17(24)10-8-15/h2-14H,1H3,(H,27,28). The Labute approximate surface area is 176 Å². The van der Waals surface area contributed by atoms with Crippen LogP contribution in [0.5, 0.6) is 5.75 Å². The van der Waals surface area contributed by atoms with Gasteiger partial charge in [-0.3, -0.25) is 0 Å². The van der Waals surface area contributed by atoms with E-state index in [9.17, 15) is 9.90 Å². The highest BCUT2D eigenvalue weighted by atomic mass is 79.9. The van der Waals surface area contributed by atoms with Crippen LogP contribution in [-0.2, 0) is 0 Å². The topological polar surface area (TPSA) is 64.4 Å². The highest BCUT2D eigenvalue weighted by Gasteiger charge is 2.26. The Hall–Kier alpha value is -3.38. The van der Waals surface area contributed by atoms with Crippen molar-refractivity contribution in [1.29, 1.82) is 0 Å². The molecule has 1 heterocycles. The lowest BCUT2D eigenvalue weighted by Gasteiger charge is -2.09. The largest absolute Gasteiger partial charge is 0.497 e. The molecule has 0 saturated heterocycles. The third-order valence-corrected chi connectivity index (χ3v) is 5.11. The molecular weight excluding hydrogens is 432 g/mol. The van der Waals surface area contributed by atoms with Gasteiger partial charge in [-0.05, 0) is 36.4 Å². The Kier molecular flexibility index (Phi) is 5.18. The third kappa shape index (κ3) is 3.67. The van der Waals surface area contributed by atoms with Crippen LogP contribution in [0, 0.1) is 0 Å². The van der Waals surface area contributed by atoms with Gasteiger partial charge in [0, 0.05) is 15.6 Å². The fraction of sp³-hybridized carbons (Fsp3) is 0.0435. The number of carbonyl (C=O) groups is 1. The van der Waals surface area contributed by atoms with E-state index in [0.717, 1.165) is 21.3 Å². The minimum Gasteiger partial charge on any atom is -0.497 e. The Morgan fingerprint density at radius 3 is 2.17 bits per heavy atom. The lowest BCUT2D eigenvalue weighted by Crippen LogP contribution is -2.03. The number of aromatic carboxylic acids is 1. The molecule has 0 unspecified atom stereocenters. The number of carboxylic acids is 1. The quantitative estimate of drug-likeness (QED) is 0.426. The lowest BCUT2D eigenvalue weighted by atomic mass is 10.0. The predicted molar refractivity (Wildman–Crippen MR) is 116 cm³/mol. The van der Waals surface area contributed by atoms with Gasteiger partial charge < -0.3 is 9.84 Å². The van der Waals surface area contributed by atoms with Crippen molar-refractivity contribution in [3.05, 3.63) is 88.9 Å². The number of halogens is 1. The van der Waals surface area contributed by atoms with Gasteiger partial charge in [0.2, 0.25) is 0 Å². The zero-order chi connectivity index (χ0) is 20.4. The van der Waals surface area contributed by atoms with Crippen molar-refractivity contribution in [1.82, 2.24) is 9.78 Å². The molecule has 5 nitrogen and oxygen atoms in total. The van der Waals surface area contributed by atoms with Crippen molar-refractivity contribution in [2.75, 3.05) is 7.11 Å². The van der Waals surface area contributed by atoms with E-state index in [1.54, 1.807) is 11.8 Å². The van der Waals surface area contributed by atoms with E-state index in [1.807, 2.05) is 78.9 Å². The van der Waals surface area contributed by atoms with E-state index >= 15 is 0 Å². The fourth-order valence-corrected chi connectivity index (χ4v) is 3.47. The summed E-state index contributed by atoms with van der Waals surface area (Å²) in [6.07, 6.45) is 0. The third-order valence-electron chi connectivity index (χ3n) is 4.58. The highest BCUT2D eigenvalue weighted by Crippen LogP contribution is 2.35. The van der Waals surface area contributed by atoms with Crippen LogP contribution in [0.4, 0.5) is 0 Å². The number of nitrogens with zero attached hydrogens (tertiary/aromatic N) is 2. The van der Waals surface area contributed by atoms with Gasteiger partial charge in [0.05, 0.1) is 18.5 Å². The maximum atomic E-state index is 12.3. The molecule has 0 spiro atoms. The van der Waals surface area contributed by atoms with E-state index in [2.05, 4.69) is 15.9 Å². The van der Waals surface area contributed by atoms with E-state index in [4.69, 9.17) is 9.84 Å². The maximum Gasteiger partial charge on any atom is 0.340 e. The van der Waals surface area contributed by atoms with Gasteiger partial charge in [0.15, 0.2) is 0 Å². The summed E-state index contributed by atoms with van der Waals surface area (Å²) >= 11 is 3.42. The molecular formula is C23H17BrN2O3. The minimum atomic E-state index is -1.03. The smallest absolute Gasteiger partial charge is 0.340 e. The molecule has 1 aromatic heterocycles. The van der Waals surface area contributed by atoms with Crippen LogP contribution >= 0.6 is 15.9 Å². The van der Waals surface area contributed by atoms with Crippen molar-refractivity contribution in [2.45, 2.75) is 0 Å². The average Bonchev–Trinajstić information content (AvgIpc) is 3.16. The van der Waals surface area contributed by atoms with Gasteiger partial charge in [0.25, 0.3) is 0 Å². The van der Waals surface area contributed by atoms with Crippen LogP contribution in [-0.4, -0.2) is 28.0 Å². The molecule has 0 bridgehead atoms. The van der Waals surface area contributed by atoms with Crippen LogP contribution in [0.15, 0.2) is 83.3 Å². The summed E-state index contributed by atoms with van der Waals surface area (Å²) in [7, 11) is 1.60. The van der Waals surface area contributed by atoms with Crippen LogP contribution in [0.25, 0.3) is 28.2 Å². The molecule has 4 rings (SSSR count). The lowest BCUT2D eigenvalue weighted by molar-refractivity contribution is 0.0698. The number of carboxylic acid groups (broad SMARTS) is 1. The molecule has 0 aliphatic carbocycles. The van der Waals surface area contributed by atoms with E-state index in [-0.39, 0.29) is 5.56 Å². The summed E-state index contributed by atoms with van der Waals surface area (Å²) in [6.45, 7) is 0. The molecule has 0 aliphatic rings. The number of methoxy groups -OCH3 is 1. The zero-order valence-corrected chi connectivity index (χ0v) is 17.1. The molecule has 3 aromatic carbocycles. The Bertz CT molecular complexity index is 1150. The molecule has 0 atom stereocenters. The molecule has 29 heavy (non-hydrogen) atoms. The normalized spacial score (nSPS) is 10.7. The van der Waals surface area contributed by atoms with Gasteiger partial charge in [-0.1, -0.05) is 58.4 Å². The molecule has 0 saturated carbocycles. The number of ether oxygens (including phenoxy) is 1. The van der Waals surface area contributed by atoms with Crippen LogP contribution < -0.4 is 4.74 Å². The van der Waals surface area contributed by atoms with Crippen LogP contribution in [0.3, 0.4) is 0 Å². The first-order chi connectivity index (χ1) is 14.1. The number of benzene rings is 3. The number of rotatable bonds is 5. The minimum absolute atomic E-state index is 0.161. The molecule has 144 valence electrons. The number of aromatic nitrogens is 2. The first kappa shape index (κ1) is 19.0. The van der Waals surface area contributed by atoms with Crippen LogP contribution in [0.1, 0.15) is 10.4 Å². The van der Waals surface area contributed by atoms with Gasteiger partial charge in [-0.25, -0.2) is 9.48 Å². The molecule has 0 fully saturated rings. The van der Waals surface area contributed by atoms with Crippen LogP contribution in [0.2, 0.25) is 0 Å². The second-order valence-electron chi connectivity index (χ2n) is 6.36. The number of hydrogen-bond acceptors (Lipinski definition) is 3. The van der Waals surface area contributed by atoms with Gasteiger partial charge in [-0.15, -0.1) is 0 Å². The molecule has 4 aromatic rings. The first-order valence-corrected chi connectivity index (χ1v) is 9.70. The summed E-state index contributed by atoms with van der Waals surface area (Å²) in [4.78, 5) is 12.3. The molecule has 6 heteroatoms. The van der Waals surface area contributed by atoms with Crippen molar-refractivity contribution in [3.8, 4) is 34.0 Å². The molecule has 0 radical (unpaired) electrons. The van der Waals surface area contributed by atoms with Gasteiger partial charge >= 0.3 is 5.97 Å². The summed E-state index contributed by atoms with van der Waals surface area (Å²) in [5, 5.41) is 14.8. The SMILES string of the molecule is COc1ccc(-n2nc(-c3ccc(Br)cc3)c(C(=O)O)c2-c2ccccc2)cc1. The van der Waals surface area contributed by atoms with Crippen molar-refractivity contribution < 1.29 is 14.6 Å². The predicted octanol–water partition coefficient (Wildman–Crippen LogP) is 5.68. The van der Waals surface area contributed by atoms with Gasteiger partial charge in [-0.2, -0.15) is 5.10 Å². The van der Waals surface area contributed by atoms with Crippen molar-refractivity contribution in [2.24, 2.45) is 0 Å². The number of hydrogen-bond donors (Lipinski definition) is 1. The molecule has 1 N–H and O–H groups in total. The maximum absolute atomic E-state index is 12.3. The monoisotopic (exact) mass is 448 g/mol. The summed E-state index contributed by atoms with van der Waals surface area (Å²) < 4.78 is 7.83. The zero-order valence-electron chi connectivity index (χ0n) is 15.5. The van der Waals surface area contributed by atoms with E-state index < -0.39 is 5.97 Å². The molecule has 0 aliphatic heterocycles. The second kappa shape index (κ2) is 7.93. The van der Waals surface area contributed by atoms with Gasteiger partial charge in [0.1, 0.15) is 17.0 Å². The summed E-state index contributed by atoms with van der Waals surface area (Å²) in [6, 6.07) is 24.2. The fourth-order valence-electron chi connectivity index (χ4n) is 3.20. The Morgan fingerprint density at radius 1 is 0.931 bits per heavy atom. The highest BCUT2D eigenvalue weighted by molar-refractivity contribution is 9.10. The Balaban J connectivity index is 2.01. The average molecular weight is 449 g/mol. The summed E-state index contributed by atoms with van der Waals surface area (Å²) in [5.41, 5.74) is 3.36. The molecule has 0 amide bonds. The summed E-state index contributed by atoms with van der Waals surface area (Å²) in [5.74, 6) is -0.310. The van der Waals surface area contributed by atoms with E-state index in [0.29, 0.717) is 17.1 Å².